The largest absolute Gasteiger partial charge is 0.436 e. The minimum Gasteiger partial charge on any atom is -0.436 e. The van der Waals surface area contributed by atoms with Gasteiger partial charge in [-0.25, -0.2) is 19.3 Å². The molecule has 1 saturated heterocycles. The third-order valence-corrected chi connectivity index (χ3v) is 8.34. The summed E-state index contributed by atoms with van der Waals surface area (Å²) in [6, 6.07) is 7.02. The van der Waals surface area contributed by atoms with Gasteiger partial charge in [0.15, 0.2) is 11.6 Å². The van der Waals surface area contributed by atoms with Crippen LogP contribution in [0.2, 0.25) is 5.02 Å². The Morgan fingerprint density at radius 3 is 2.84 bits per heavy atom. The maximum Gasteiger partial charge on any atom is 0.319 e. The van der Waals surface area contributed by atoms with Crippen LogP contribution in [0.5, 0.6) is 5.75 Å². The van der Waals surface area contributed by atoms with Gasteiger partial charge in [-0.3, -0.25) is 5.43 Å². The van der Waals surface area contributed by atoms with Gasteiger partial charge in [-0.1, -0.05) is 18.5 Å². The van der Waals surface area contributed by atoms with Gasteiger partial charge in [0.05, 0.1) is 24.9 Å². The molecule has 3 heterocycles. The van der Waals surface area contributed by atoms with Gasteiger partial charge in [0.1, 0.15) is 41.3 Å². The molecule has 2 aliphatic heterocycles. The maximum absolute atomic E-state index is 11.6. The summed E-state index contributed by atoms with van der Waals surface area (Å²) >= 11 is 5.99. The Hall–Kier alpha value is -2.12. The molecule has 2 aromatic rings. The lowest BCUT2D eigenvalue weighted by atomic mass is 10.1. The molecule has 0 spiro atoms. The molecule has 1 aromatic carbocycles. The van der Waals surface area contributed by atoms with Crippen LogP contribution in [0, 0.1) is 5.92 Å². The van der Waals surface area contributed by atoms with Crippen molar-refractivity contribution in [1.29, 1.82) is 0 Å². The molecule has 1 aliphatic carbocycles. The van der Waals surface area contributed by atoms with Gasteiger partial charge in [-0.05, 0) is 43.5 Å². The molecule has 0 amide bonds. The number of hydrazine groups is 1. The minimum absolute atomic E-state index is 0.167. The van der Waals surface area contributed by atoms with Crippen molar-refractivity contribution in [2.75, 3.05) is 35.2 Å². The number of rotatable bonds is 12. The Bertz CT molecular complexity index is 1140. The second-order valence-electron chi connectivity index (χ2n) is 9.25. The van der Waals surface area contributed by atoms with E-state index in [0.29, 0.717) is 41.4 Å². The summed E-state index contributed by atoms with van der Waals surface area (Å²) < 4.78 is 30.0. The highest BCUT2D eigenvalue weighted by Crippen LogP contribution is 2.46. The van der Waals surface area contributed by atoms with Crippen LogP contribution < -0.4 is 30.1 Å². The SMILES string of the molecule is CC1CC(COP(NC2(C=O)CC2)Oc2ccc(Cl)cc2)OC1N1CNc2c(NNS(C)=O)ncnc21. The number of aldehydes is 1. The van der Waals surface area contributed by atoms with Crippen molar-refractivity contribution in [1.82, 2.24) is 19.9 Å². The predicted octanol–water partition coefficient (Wildman–Crippen LogP) is 2.92. The molecule has 12 nitrogen and oxygen atoms in total. The Labute approximate surface area is 223 Å². The molecular formula is C22H29ClN7O5PS. The number of nitrogens with zero attached hydrogens (tertiary/aromatic N) is 3. The average Bonchev–Trinajstić information content (AvgIpc) is 3.37. The van der Waals surface area contributed by atoms with Crippen LogP contribution in [0.3, 0.4) is 0 Å². The van der Waals surface area contributed by atoms with Crippen LogP contribution >= 0.6 is 20.1 Å². The number of benzene rings is 1. The van der Waals surface area contributed by atoms with E-state index in [2.05, 4.69) is 37.6 Å². The lowest BCUT2D eigenvalue weighted by Crippen LogP contribution is -2.39. The second-order valence-corrected chi connectivity index (χ2v) is 12.0. The highest BCUT2D eigenvalue weighted by atomic mass is 35.5. The summed E-state index contributed by atoms with van der Waals surface area (Å²) in [5, 5.41) is 7.15. The number of fused-ring (bicyclic) bond motifs is 1. The number of anilines is 3. The summed E-state index contributed by atoms with van der Waals surface area (Å²) in [5.41, 5.74) is 2.99. The molecule has 1 aromatic heterocycles. The van der Waals surface area contributed by atoms with Gasteiger partial charge < -0.3 is 28.8 Å². The Kier molecular flexibility index (Phi) is 8.10. The molecule has 200 valence electrons. The van der Waals surface area contributed by atoms with E-state index in [0.717, 1.165) is 25.5 Å². The number of carbonyl (C=O) groups excluding carboxylic acids is 1. The van der Waals surface area contributed by atoms with Gasteiger partial charge in [-0.2, -0.15) is 4.83 Å². The summed E-state index contributed by atoms with van der Waals surface area (Å²) in [5.74, 6) is 2.02. The van der Waals surface area contributed by atoms with Gasteiger partial charge in [-0.15, -0.1) is 0 Å². The van der Waals surface area contributed by atoms with Crippen molar-refractivity contribution in [2.24, 2.45) is 5.92 Å². The van der Waals surface area contributed by atoms with Crippen LogP contribution in [0.1, 0.15) is 26.2 Å². The van der Waals surface area contributed by atoms with Crippen molar-refractivity contribution in [3.8, 4) is 5.75 Å². The number of nitrogens with one attached hydrogen (secondary N) is 4. The fourth-order valence-electron chi connectivity index (χ4n) is 4.22. The third kappa shape index (κ3) is 6.31. The third-order valence-electron chi connectivity index (χ3n) is 6.31. The minimum atomic E-state index is -1.58. The number of ether oxygens (including phenoxy) is 1. The molecule has 4 N–H and O–H groups in total. The lowest BCUT2D eigenvalue weighted by Gasteiger charge is -2.28. The summed E-state index contributed by atoms with van der Waals surface area (Å²) in [6.45, 7) is 2.93. The van der Waals surface area contributed by atoms with Crippen LogP contribution in [0.4, 0.5) is 17.3 Å². The topological polar surface area (TPSA) is 139 Å². The highest BCUT2D eigenvalue weighted by molar-refractivity contribution is 7.82. The first-order valence-electron chi connectivity index (χ1n) is 11.8. The predicted molar refractivity (Wildman–Crippen MR) is 142 cm³/mol. The van der Waals surface area contributed by atoms with Crippen molar-refractivity contribution >= 4 is 54.7 Å². The second kappa shape index (κ2) is 11.3. The van der Waals surface area contributed by atoms with Crippen molar-refractivity contribution in [3.63, 3.8) is 0 Å². The monoisotopic (exact) mass is 569 g/mol. The zero-order valence-corrected chi connectivity index (χ0v) is 22.8. The number of carbonyl (C=O) groups is 1. The first-order valence-corrected chi connectivity index (χ1v) is 14.9. The van der Waals surface area contributed by atoms with E-state index in [4.69, 9.17) is 25.4 Å². The summed E-state index contributed by atoms with van der Waals surface area (Å²) in [6.07, 6.45) is 5.81. The molecule has 0 radical (unpaired) electrons. The normalized spacial score (nSPS) is 25.2. The van der Waals surface area contributed by atoms with Crippen LogP contribution in [-0.2, 0) is 25.0 Å². The molecule has 5 rings (SSSR count). The number of aromatic nitrogens is 2. The molecule has 5 unspecified atom stereocenters. The standard InChI is InChI=1S/C22H29ClN7O5PS/c1-14-9-17(10-33-36(28-22(11-31)7-8-22)35-16-5-3-15(23)4-6-16)34-21(14)30-13-26-18-19(27-29-37(2)32)24-12-25-20(18)30/h3-6,11-12,14,17,21,26,28-29H,7-10,13H2,1-2H3,(H,24,25,27). The molecular weight excluding hydrogens is 541 g/mol. The van der Waals surface area contributed by atoms with Crippen LogP contribution in [0.25, 0.3) is 0 Å². The highest BCUT2D eigenvalue weighted by Gasteiger charge is 2.46. The fraction of sp³-hybridized carbons (Fsp3) is 0.500. The smallest absolute Gasteiger partial charge is 0.319 e. The van der Waals surface area contributed by atoms with Crippen LogP contribution in [0.15, 0.2) is 30.6 Å². The molecule has 5 atom stereocenters. The van der Waals surface area contributed by atoms with E-state index in [1.54, 1.807) is 24.3 Å². The quantitative estimate of drug-likeness (QED) is 0.170. The van der Waals surface area contributed by atoms with E-state index < -0.39 is 25.1 Å². The fourth-order valence-corrected chi connectivity index (χ4v) is 6.01. The van der Waals surface area contributed by atoms with E-state index in [1.165, 1.54) is 12.6 Å². The summed E-state index contributed by atoms with van der Waals surface area (Å²) in [4.78, 5) is 24.9. The molecule has 15 heteroatoms. The lowest BCUT2D eigenvalue weighted by molar-refractivity contribution is -0.110. The molecule has 37 heavy (non-hydrogen) atoms. The van der Waals surface area contributed by atoms with Gasteiger partial charge in [0.2, 0.25) is 0 Å². The number of halogens is 1. The van der Waals surface area contributed by atoms with Gasteiger partial charge in [0, 0.05) is 17.2 Å². The number of hydrogen-bond donors (Lipinski definition) is 4. The number of hydrogen-bond acceptors (Lipinski definition) is 11. The Morgan fingerprint density at radius 2 is 2.14 bits per heavy atom. The Balaban J connectivity index is 1.21. The molecule has 1 saturated carbocycles. The van der Waals surface area contributed by atoms with Gasteiger partial charge >= 0.3 is 8.53 Å². The van der Waals surface area contributed by atoms with E-state index in [1.807, 2.05) is 4.90 Å². The Morgan fingerprint density at radius 1 is 1.35 bits per heavy atom. The van der Waals surface area contributed by atoms with Crippen LogP contribution in [-0.4, -0.2) is 57.9 Å². The average molecular weight is 570 g/mol. The summed E-state index contributed by atoms with van der Waals surface area (Å²) in [7, 11) is -2.83. The maximum atomic E-state index is 11.6. The first kappa shape index (κ1) is 26.5. The molecule has 2 fully saturated rings. The van der Waals surface area contributed by atoms with E-state index >= 15 is 0 Å². The van der Waals surface area contributed by atoms with Gasteiger partial charge in [0.25, 0.3) is 0 Å². The van der Waals surface area contributed by atoms with E-state index in [-0.39, 0.29) is 18.2 Å². The zero-order chi connectivity index (χ0) is 26.0. The first-order chi connectivity index (χ1) is 17.9. The van der Waals surface area contributed by atoms with Crippen molar-refractivity contribution < 1.29 is 22.8 Å². The molecule has 3 aliphatic rings. The van der Waals surface area contributed by atoms with Crippen molar-refractivity contribution in [3.05, 3.63) is 35.6 Å². The molecule has 0 bridgehead atoms. The van der Waals surface area contributed by atoms with Crippen molar-refractivity contribution in [2.45, 2.75) is 44.1 Å². The zero-order valence-electron chi connectivity index (χ0n) is 20.3. The van der Waals surface area contributed by atoms with E-state index in [9.17, 15) is 9.00 Å².